The molecule has 0 aliphatic rings. The van der Waals surface area contributed by atoms with Crippen molar-refractivity contribution in [2.75, 3.05) is 45.2 Å². The van der Waals surface area contributed by atoms with E-state index < -0.39 is 10.1 Å². The Morgan fingerprint density at radius 2 is 1.19 bits per heavy atom. The molecule has 0 saturated heterocycles. The molecule has 16 heavy (non-hydrogen) atoms. The van der Waals surface area contributed by atoms with Crippen molar-refractivity contribution in [3.63, 3.8) is 0 Å². The van der Waals surface area contributed by atoms with E-state index in [2.05, 4.69) is 0 Å². The van der Waals surface area contributed by atoms with Crippen LogP contribution in [0, 0.1) is 0 Å². The van der Waals surface area contributed by atoms with E-state index in [0.717, 1.165) is 0 Å². The smallest absolute Gasteiger partial charge is 0.264 e. The molecular formula is C8H21NO6S. The van der Waals surface area contributed by atoms with Crippen molar-refractivity contribution in [3.8, 4) is 0 Å². The summed E-state index contributed by atoms with van der Waals surface area (Å²) in [5, 5.41) is 25.5. The van der Waals surface area contributed by atoms with E-state index in [1.54, 1.807) is 4.90 Å². The lowest BCUT2D eigenvalue weighted by molar-refractivity contribution is 0.136. The Kier molecular flexibility index (Phi) is 12.7. The highest BCUT2D eigenvalue weighted by Gasteiger charge is 2.00. The van der Waals surface area contributed by atoms with Gasteiger partial charge in [0.2, 0.25) is 0 Å². The van der Waals surface area contributed by atoms with Crippen LogP contribution >= 0.6 is 0 Å². The Balaban J connectivity index is 0. The first kappa shape index (κ1) is 18.1. The average molecular weight is 259 g/mol. The Hall–Kier alpha value is -0.250. The van der Waals surface area contributed by atoms with Crippen LogP contribution in [-0.2, 0) is 10.1 Å². The number of aliphatic hydroxyl groups excluding tert-OH is 3. The average Bonchev–Trinajstić information content (AvgIpc) is 2.19. The molecule has 0 aromatic rings. The van der Waals surface area contributed by atoms with Crippen molar-refractivity contribution >= 4 is 10.1 Å². The molecule has 0 spiro atoms. The van der Waals surface area contributed by atoms with E-state index in [-0.39, 0.29) is 25.6 Å². The summed E-state index contributed by atoms with van der Waals surface area (Å²) in [6.07, 6.45) is 0. The van der Waals surface area contributed by atoms with Gasteiger partial charge in [-0.05, 0) is 6.92 Å². The Bertz CT molecular complexity index is 216. The molecule has 100 valence electrons. The summed E-state index contributed by atoms with van der Waals surface area (Å²) in [4.78, 5) is 1.79. The Morgan fingerprint density at radius 3 is 1.31 bits per heavy atom. The van der Waals surface area contributed by atoms with Gasteiger partial charge < -0.3 is 15.3 Å². The zero-order chi connectivity index (χ0) is 13.0. The minimum absolute atomic E-state index is 0.0694. The van der Waals surface area contributed by atoms with Gasteiger partial charge in [0.25, 0.3) is 10.1 Å². The van der Waals surface area contributed by atoms with Crippen LogP contribution in [0.4, 0.5) is 0 Å². The first-order valence-corrected chi connectivity index (χ1v) is 6.52. The van der Waals surface area contributed by atoms with E-state index in [0.29, 0.717) is 19.6 Å². The second-order valence-electron chi connectivity index (χ2n) is 2.88. The highest BCUT2D eigenvalue weighted by molar-refractivity contribution is 7.85. The van der Waals surface area contributed by atoms with Gasteiger partial charge in [-0.25, -0.2) is 0 Å². The minimum Gasteiger partial charge on any atom is -0.395 e. The highest BCUT2D eigenvalue weighted by atomic mass is 32.2. The minimum atomic E-state index is -3.66. The predicted molar refractivity (Wildman–Crippen MR) is 59.8 cm³/mol. The first-order valence-electron chi connectivity index (χ1n) is 4.91. The summed E-state index contributed by atoms with van der Waals surface area (Å²) in [5.74, 6) is -0.201. The summed E-state index contributed by atoms with van der Waals surface area (Å²) < 4.78 is 26.9. The lowest BCUT2D eigenvalue weighted by Crippen LogP contribution is -2.32. The summed E-state index contributed by atoms with van der Waals surface area (Å²) in [6, 6.07) is 0. The Labute approximate surface area is 96.1 Å². The van der Waals surface area contributed by atoms with Crippen molar-refractivity contribution in [3.05, 3.63) is 0 Å². The number of rotatable bonds is 7. The molecule has 0 aliphatic heterocycles. The maximum atomic E-state index is 9.56. The van der Waals surface area contributed by atoms with Crippen molar-refractivity contribution in [2.24, 2.45) is 0 Å². The van der Waals surface area contributed by atoms with Crippen LogP contribution < -0.4 is 0 Å². The normalized spacial score (nSPS) is 11.1. The van der Waals surface area contributed by atoms with Crippen molar-refractivity contribution in [2.45, 2.75) is 6.92 Å². The third kappa shape index (κ3) is 16.2. The third-order valence-electron chi connectivity index (χ3n) is 1.61. The summed E-state index contributed by atoms with van der Waals surface area (Å²) in [7, 11) is -3.66. The third-order valence-corrected chi connectivity index (χ3v) is 2.34. The second kappa shape index (κ2) is 11.2. The van der Waals surface area contributed by atoms with Crippen LogP contribution in [0.15, 0.2) is 0 Å². The molecule has 0 rings (SSSR count). The van der Waals surface area contributed by atoms with Crippen LogP contribution in [0.5, 0.6) is 0 Å². The molecule has 4 N–H and O–H groups in total. The fourth-order valence-corrected chi connectivity index (χ4v) is 0.760. The quantitative estimate of drug-likeness (QED) is 0.397. The lowest BCUT2D eigenvalue weighted by atomic mass is 10.4. The molecule has 0 saturated carbocycles. The van der Waals surface area contributed by atoms with Crippen LogP contribution in [0.1, 0.15) is 6.92 Å². The fourth-order valence-electron chi connectivity index (χ4n) is 0.760. The van der Waals surface area contributed by atoms with Crippen molar-refractivity contribution in [1.82, 2.24) is 4.90 Å². The van der Waals surface area contributed by atoms with Crippen LogP contribution in [0.25, 0.3) is 0 Å². The molecule has 8 heteroatoms. The van der Waals surface area contributed by atoms with Gasteiger partial charge in [-0.1, -0.05) is 0 Å². The van der Waals surface area contributed by atoms with Crippen LogP contribution in [0.3, 0.4) is 0 Å². The number of nitrogens with zero attached hydrogens (tertiary/aromatic N) is 1. The standard InChI is InChI=1S/C6H15NO3.C2H6O3S/c8-4-1-7(2-5-9)3-6-10;1-2-6(3,4)5/h8-10H,1-6H2;2H2,1H3,(H,3,4,5). The van der Waals surface area contributed by atoms with Gasteiger partial charge in [-0.3, -0.25) is 9.45 Å². The summed E-state index contributed by atoms with van der Waals surface area (Å²) >= 11 is 0. The van der Waals surface area contributed by atoms with Crippen LogP contribution in [-0.4, -0.2) is 78.4 Å². The Morgan fingerprint density at radius 1 is 0.938 bits per heavy atom. The van der Waals surface area contributed by atoms with Gasteiger partial charge in [0.05, 0.1) is 25.6 Å². The number of aliphatic hydroxyl groups is 3. The zero-order valence-corrected chi connectivity index (χ0v) is 10.2. The zero-order valence-electron chi connectivity index (χ0n) is 9.41. The lowest BCUT2D eigenvalue weighted by Gasteiger charge is -2.17. The SMILES string of the molecule is CCS(=O)(=O)O.OCCN(CCO)CCO. The van der Waals surface area contributed by atoms with E-state index in [1.807, 2.05) is 0 Å². The molecule has 7 nitrogen and oxygen atoms in total. The van der Waals surface area contributed by atoms with Gasteiger partial charge in [0.15, 0.2) is 0 Å². The van der Waals surface area contributed by atoms with Gasteiger partial charge in [-0.15, -0.1) is 0 Å². The van der Waals surface area contributed by atoms with Gasteiger partial charge in [0.1, 0.15) is 0 Å². The largest absolute Gasteiger partial charge is 0.395 e. The summed E-state index contributed by atoms with van der Waals surface area (Å²) in [5.41, 5.74) is 0. The van der Waals surface area contributed by atoms with E-state index in [9.17, 15) is 8.42 Å². The molecule has 0 aromatic carbocycles. The molecule has 0 radical (unpaired) electrons. The second-order valence-corrected chi connectivity index (χ2v) is 4.62. The molecule has 0 heterocycles. The molecule has 0 aromatic heterocycles. The molecule has 0 amide bonds. The summed E-state index contributed by atoms with van der Waals surface area (Å²) in [6.45, 7) is 3.12. The number of hydrogen-bond acceptors (Lipinski definition) is 6. The van der Waals surface area contributed by atoms with E-state index >= 15 is 0 Å². The monoisotopic (exact) mass is 259 g/mol. The van der Waals surface area contributed by atoms with Gasteiger partial charge in [-0.2, -0.15) is 8.42 Å². The highest BCUT2D eigenvalue weighted by Crippen LogP contribution is 1.84. The molecule has 0 aliphatic carbocycles. The maximum absolute atomic E-state index is 9.56. The molecule has 0 bridgehead atoms. The van der Waals surface area contributed by atoms with Gasteiger partial charge in [0, 0.05) is 19.6 Å². The molecular weight excluding hydrogens is 238 g/mol. The van der Waals surface area contributed by atoms with E-state index in [4.69, 9.17) is 19.9 Å². The fraction of sp³-hybridized carbons (Fsp3) is 1.00. The topological polar surface area (TPSA) is 118 Å². The molecule has 0 atom stereocenters. The molecule has 0 unspecified atom stereocenters. The van der Waals surface area contributed by atoms with E-state index in [1.165, 1.54) is 6.92 Å². The predicted octanol–water partition coefficient (Wildman–Crippen LogP) is -1.84. The maximum Gasteiger partial charge on any atom is 0.264 e. The van der Waals surface area contributed by atoms with Crippen molar-refractivity contribution < 1.29 is 28.3 Å². The first-order chi connectivity index (χ1) is 7.41. The van der Waals surface area contributed by atoms with Crippen LogP contribution in [0.2, 0.25) is 0 Å². The van der Waals surface area contributed by atoms with Gasteiger partial charge >= 0.3 is 0 Å². The molecule has 0 fully saturated rings. The number of hydrogen-bond donors (Lipinski definition) is 4. The van der Waals surface area contributed by atoms with Crippen molar-refractivity contribution in [1.29, 1.82) is 0 Å².